The maximum Gasteiger partial charge on any atom is 0.510 e. The molecule has 0 spiro atoms. The molecule has 0 atom stereocenters. The fourth-order valence-electron chi connectivity index (χ4n) is 5.82. The summed E-state index contributed by atoms with van der Waals surface area (Å²) in [5.74, 6) is -0.298. The van der Waals surface area contributed by atoms with Crippen molar-refractivity contribution >= 4 is 47.9 Å². The number of hydrogen-bond donors (Lipinski definition) is 2. The van der Waals surface area contributed by atoms with Crippen LogP contribution in [0.25, 0.3) is 0 Å². The first-order valence-corrected chi connectivity index (χ1v) is 21.8. The van der Waals surface area contributed by atoms with Gasteiger partial charge in [-0.1, -0.05) is 19.1 Å². The van der Waals surface area contributed by atoms with Crippen molar-refractivity contribution in [2.24, 2.45) is 5.92 Å². The Kier molecular flexibility index (Phi) is 18.2. The standard InChI is InChI=1S/C36H55N4O15PS/c1-8-31-26(6)19-40(32(31)41)33(42)37-18-17-27-11-15-30(16-12-27)57(47,48)39(7)34(43)38-29-13-9-28(10-14-29)20-49-23-56(46,52-21-50-35(44)54-24(2)3)53-22-51-36(45)55-25(4)5/h11-12,15-16,24-25,28-29H,8-10,13-14,17-23H2,1-7H3,(H,37,42)(H,38,43). The molecule has 1 aliphatic heterocycles. The molecule has 1 aromatic rings. The van der Waals surface area contributed by atoms with Gasteiger partial charge in [0.2, 0.25) is 13.6 Å². The van der Waals surface area contributed by atoms with Gasteiger partial charge in [-0.25, -0.2) is 31.9 Å². The van der Waals surface area contributed by atoms with E-state index in [1.807, 2.05) is 13.8 Å². The Morgan fingerprint density at radius 2 is 1.49 bits per heavy atom. The second-order valence-electron chi connectivity index (χ2n) is 14.0. The van der Waals surface area contributed by atoms with E-state index in [2.05, 4.69) is 10.6 Å². The summed E-state index contributed by atoms with van der Waals surface area (Å²) in [5, 5.41) is 5.51. The molecule has 0 aromatic heterocycles. The molecule has 1 heterocycles. The Morgan fingerprint density at radius 1 is 0.930 bits per heavy atom. The fourth-order valence-corrected chi connectivity index (χ4v) is 7.86. The van der Waals surface area contributed by atoms with Crippen LogP contribution >= 0.6 is 7.60 Å². The summed E-state index contributed by atoms with van der Waals surface area (Å²) in [6.45, 7) is 9.19. The number of benzene rings is 1. The zero-order chi connectivity index (χ0) is 42.3. The molecule has 1 aliphatic carbocycles. The number of amides is 5. The van der Waals surface area contributed by atoms with Gasteiger partial charge in [-0.2, -0.15) is 0 Å². The molecular formula is C36H55N4O15PS. The van der Waals surface area contributed by atoms with E-state index in [4.69, 9.17) is 32.7 Å². The Hall–Kier alpha value is -4.23. The summed E-state index contributed by atoms with van der Waals surface area (Å²) in [5.41, 5.74) is 2.26. The van der Waals surface area contributed by atoms with Crippen LogP contribution in [0.4, 0.5) is 19.2 Å². The lowest BCUT2D eigenvalue weighted by molar-refractivity contribution is -0.123. The molecule has 5 amide bonds. The summed E-state index contributed by atoms with van der Waals surface area (Å²) in [7, 11) is -7.11. The van der Waals surface area contributed by atoms with Gasteiger partial charge < -0.3 is 34.3 Å². The Labute approximate surface area is 333 Å². The van der Waals surface area contributed by atoms with E-state index < -0.39 is 74.1 Å². The highest BCUT2D eigenvalue weighted by atomic mass is 32.2. The molecular weight excluding hydrogens is 791 g/mol. The first-order valence-electron chi connectivity index (χ1n) is 18.6. The highest BCUT2D eigenvalue weighted by Crippen LogP contribution is 2.48. The van der Waals surface area contributed by atoms with Crippen molar-refractivity contribution in [3.63, 3.8) is 0 Å². The van der Waals surface area contributed by atoms with Gasteiger partial charge in [0.25, 0.3) is 15.9 Å². The molecule has 1 saturated carbocycles. The number of sulfonamides is 1. The van der Waals surface area contributed by atoms with Crippen LogP contribution in [-0.2, 0) is 58.5 Å². The molecule has 21 heteroatoms. The van der Waals surface area contributed by atoms with Crippen molar-refractivity contribution in [2.75, 3.05) is 46.7 Å². The first kappa shape index (κ1) is 47.1. The van der Waals surface area contributed by atoms with E-state index in [0.717, 1.165) is 11.1 Å². The highest BCUT2D eigenvalue weighted by molar-refractivity contribution is 7.89. The van der Waals surface area contributed by atoms with Crippen LogP contribution in [0.2, 0.25) is 0 Å². The van der Waals surface area contributed by atoms with Crippen LogP contribution in [-0.4, -0.2) is 113 Å². The van der Waals surface area contributed by atoms with Gasteiger partial charge in [0, 0.05) is 25.2 Å². The van der Waals surface area contributed by atoms with E-state index in [1.165, 1.54) is 24.1 Å². The van der Waals surface area contributed by atoms with E-state index in [1.54, 1.807) is 39.8 Å². The van der Waals surface area contributed by atoms with Crippen molar-refractivity contribution in [3.8, 4) is 0 Å². The Morgan fingerprint density at radius 3 is 2.00 bits per heavy atom. The number of ether oxygens (including phenoxy) is 5. The largest absolute Gasteiger partial charge is 0.510 e. The van der Waals surface area contributed by atoms with Crippen LogP contribution in [0.15, 0.2) is 40.3 Å². The predicted molar refractivity (Wildman–Crippen MR) is 203 cm³/mol. The van der Waals surface area contributed by atoms with Crippen LogP contribution in [0.1, 0.15) is 79.2 Å². The van der Waals surface area contributed by atoms with E-state index >= 15 is 0 Å². The van der Waals surface area contributed by atoms with E-state index in [0.29, 0.717) is 48.4 Å². The number of nitrogens with zero attached hydrogens (tertiary/aromatic N) is 2. The second-order valence-corrected chi connectivity index (χ2v) is 18.0. The van der Waals surface area contributed by atoms with Crippen LogP contribution in [0, 0.1) is 5.92 Å². The van der Waals surface area contributed by atoms with Crippen molar-refractivity contribution in [1.29, 1.82) is 0 Å². The SMILES string of the molecule is CCC1=C(C)CN(C(=O)NCCc2ccc(S(=O)(=O)N(C)C(=O)NC3CCC(COCP(=O)(OCOC(=O)OC(C)C)OCOC(=O)OC(C)C)CC3)cc2)C1=O. The predicted octanol–water partition coefficient (Wildman–Crippen LogP) is 5.63. The molecule has 2 aliphatic rings. The summed E-state index contributed by atoms with van der Waals surface area (Å²) >= 11 is 0. The lowest BCUT2D eigenvalue weighted by Gasteiger charge is -2.30. The molecule has 1 aromatic carbocycles. The summed E-state index contributed by atoms with van der Waals surface area (Å²) in [4.78, 5) is 62.4. The number of rotatable bonds is 19. The number of hydrogen-bond acceptors (Lipinski definition) is 15. The third-order valence-electron chi connectivity index (χ3n) is 8.86. The van der Waals surface area contributed by atoms with Gasteiger partial charge >= 0.3 is 32.0 Å². The van der Waals surface area contributed by atoms with E-state index in [9.17, 15) is 37.0 Å². The second kappa shape index (κ2) is 22.1. The third-order valence-corrected chi connectivity index (χ3v) is 12.1. The fraction of sp³-hybridized carbons (Fsp3) is 0.639. The lowest BCUT2D eigenvalue weighted by Crippen LogP contribution is -2.46. The lowest BCUT2D eigenvalue weighted by atomic mass is 9.86. The number of urea groups is 2. The molecule has 19 nitrogen and oxygen atoms in total. The molecule has 2 N–H and O–H groups in total. The highest BCUT2D eigenvalue weighted by Gasteiger charge is 2.33. The van der Waals surface area contributed by atoms with Gasteiger partial charge in [-0.3, -0.25) is 23.3 Å². The van der Waals surface area contributed by atoms with Crippen molar-refractivity contribution in [1.82, 2.24) is 19.8 Å². The molecule has 0 bridgehead atoms. The van der Waals surface area contributed by atoms with Gasteiger partial charge in [0.1, 0.15) is 6.35 Å². The number of carbonyl (C=O) groups excluding carboxylic acids is 5. The zero-order valence-corrected chi connectivity index (χ0v) is 35.2. The summed E-state index contributed by atoms with van der Waals surface area (Å²) in [6.07, 6.45) is -0.422. The van der Waals surface area contributed by atoms with Crippen molar-refractivity contribution in [3.05, 3.63) is 41.0 Å². The average Bonchev–Trinajstić information content (AvgIpc) is 3.43. The van der Waals surface area contributed by atoms with Crippen molar-refractivity contribution in [2.45, 2.75) is 103 Å². The van der Waals surface area contributed by atoms with Gasteiger partial charge in [0.05, 0.1) is 30.3 Å². The van der Waals surface area contributed by atoms with Crippen LogP contribution in [0.5, 0.6) is 0 Å². The minimum atomic E-state index is -4.18. The number of imide groups is 1. The third kappa shape index (κ3) is 14.9. The number of carbonyl (C=O) groups is 5. The Bertz CT molecular complexity index is 1710. The van der Waals surface area contributed by atoms with Gasteiger partial charge in [-0.05, 0) is 102 Å². The molecule has 3 rings (SSSR count). The minimum absolute atomic E-state index is 0.00716. The normalized spacial score (nSPS) is 17.4. The maximum absolute atomic E-state index is 13.3. The monoisotopic (exact) mass is 846 g/mol. The minimum Gasteiger partial charge on any atom is -0.432 e. The molecule has 57 heavy (non-hydrogen) atoms. The quantitative estimate of drug-likeness (QED) is 0.0975. The average molecular weight is 847 g/mol. The van der Waals surface area contributed by atoms with Crippen molar-refractivity contribution < 1.29 is 69.7 Å². The molecule has 1 fully saturated rings. The van der Waals surface area contributed by atoms with Crippen LogP contribution < -0.4 is 10.6 Å². The van der Waals surface area contributed by atoms with E-state index in [-0.39, 0.29) is 42.5 Å². The zero-order valence-electron chi connectivity index (χ0n) is 33.5. The topological polar surface area (TPSA) is 232 Å². The molecule has 0 saturated heterocycles. The van der Waals surface area contributed by atoms with Crippen LogP contribution in [0.3, 0.4) is 0 Å². The smallest absolute Gasteiger partial charge is 0.432 e. The van der Waals surface area contributed by atoms with Gasteiger partial charge in [0.15, 0.2) is 0 Å². The summed E-state index contributed by atoms with van der Waals surface area (Å²) < 4.78 is 75.6. The Balaban J connectivity index is 1.42. The number of nitrogens with one attached hydrogen (secondary N) is 2. The molecule has 0 unspecified atom stereocenters. The maximum atomic E-state index is 13.3. The first-order chi connectivity index (χ1) is 26.8. The molecule has 0 radical (unpaired) electrons. The molecule has 320 valence electrons. The van der Waals surface area contributed by atoms with Gasteiger partial charge in [-0.15, -0.1) is 0 Å². The summed E-state index contributed by atoms with van der Waals surface area (Å²) in [6, 6.07) is 4.40.